The van der Waals surface area contributed by atoms with E-state index in [9.17, 15) is 10.1 Å². The molecule has 0 aliphatic heterocycles. The van der Waals surface area contributed by atoms with E-state index in [1.165, 1.54) is 6.07 Å². The lowest BCUT2D eigenvalue weighted by Crippen LogP contribution is -1.91. The van der Waals surface area contributed by atoms with Crippen LogP contribution in [0.3, 0.4) is 0 Å². The lowest BCUT2D eigenvalue weighted by Gasteiger charge is -2.01. The van der Waals surface area contributed by atoms with Gasteiger partial charge in [0.05, 0.1) is 16.9 Å². The van der Waals surface area contributed by atoms with Crippen molar-refractivity contribution in [2.75, 3.05) is 7.11 Å². The minimum atomic E-state index is -0.421. The fraction of sp³-hybridized carbons (Fsp3) is 0.125. The summed E-state index contributed by atoms with van der Waals surface area (Å²) >= 11 is 1.07. The second kappa shape index (κ2) is 6.71. The van der Waals surface area contributed by atoms with Crippen molar-refractivity contribution in [3.05, 3.63) is 58.1 Å². The SMILES string of the molecule is COc1ccc(-c2nnc(Sc3ccc(C)cc3[N+](=O)[O-])o2)cc1. The average molecular weight is 343 g/mol. The molecule has 0 amide bonds. The van der Waals surface area contributed by atoms with Crippen molar-refractivity contribution >= 4 is 17.4 Å². The number of nitro benzene ring substituents is 1. The third-order valence-electron chi connectivity index (χ3n) is 3.25. The van der Waals surface area contributed by atoms with Crippen LogP contribution in [0.25, 0.3) is 11.5 Å². The third-order valence-corrected chi connectivity index (χ3v) is 4.16. The van der Waals surface area contributed by atoms with E-state index >= 15 is 0 Å². The van der Waals surface area contributed by atoms with Gasteiger partial charge in [0.2, 0.25) is 5.89 Å². The highest BCUT2D eigenvalue weighted by molar-refractivity contribution is 7.99. The summed E-state index contributed by atoms with van der Waals surface area (Å²) in [5.41, 5.74) is 1.58. The first kappa shape index (κ1) is 16.0. The maximum Gasteiger partial charge on any atom is 0.283 e. The van der Waals surface area contributed by atoms with E-state index in [2.05, 4.69) is 10.2 Å². The van der Waals surface area contributed by atoms with Crippen LogP contribution < -0.4 is 4.74 Å². The first-order valence-corrected chi connectivity index (χ1v) is 7.79. The first-order valence-electron chi connectivity index (χ1n) is 6.97. The minimum Gasteiger partial charge on any atom is -0.497 e. The van der Waals surface area contributed by atoms with Crippen LogP contribution in [-0.4, -0.2) is 22.2 Å². The van der Waals surface area contributed by atoms with Crippen molar-refractivity contribution in [2.45, 2.75) is 17.0 Å². The Hall–Kier alpha value is -2.87. The number of nitro groups is 1. The zero-order valence-electron chi connectivity index (χ0n) is 12.9. The number of benzene rings is 2. The number of hydrogen-bond donors (Lipinski definition) is 0. The number of rotatable bonds is 5. The van der Waals surface area contributed by atoms with Crippen molar-refractivity contribution in [1.82, 2.24) is 10.2 Å². The number of ether oxygens (including phenoxy) is 1. The predicted octanol–water partition coefficient (Wildman–Crippen LogP) is 4.11. The van der Waals surface area contributed by atoms with E-state index in [-0.39, 0.29) is 10.9 Å². The molecule has 0 radical (unpaired) electrons. The molecular formula is C16H13N3O4S. The summed E-state index contributed by atoms with van der Waals surface area (Å²) in [5, 5.41) is 19.3. The lowest BCUT2D eigenvalue weighted by molar-refractivity contribution is -0.387. The summed E-state index contributed by atoms with van der Waals surface area (Å²) in [6.45, 7) is 1.80. The second-order valence-corrected chi connectivity index (χ2v) is 5.93. The predicted molar refractivity (Wildman–Crippen MR) is 88.2 cm³/mol. The van der Waals surface area contributed by atoms with Crippen LogP contribution in [0.5, 0.6) is 5.75 Å². The summed E-state index contributed by atoms with van der Waals surface area (Å²) in [5.74, 6) is 1.07. The Labute approximate surface area is 141 Å². The van der Waals surface area contributed by atoms with E-state index in [1.54, 1.807) is 50.4 Å². The van der Waals surface area contributed by atoms with Crippen molar-refractivity contribution in [2.24, 2.45) is 0 Å². The minimum absolute atomic E-state index is 0.0178. The number of aromatic nitrogens is 2. The summed E-state index contributed by atoms with van der Waals surface area (Å²) in [7, 11) is 1.59. The molecule has 122 valence electrons. The van der Waals surface area contributed by atoms with Gasteiger partial charge in [-0.2, -0.15) is 0 Å². The molecule has 8 heteroatoms. The van der Waals surface area contributed by atoms with Crippen molar-refractivity contribution in [3.8, 4) is 17.2 Å². The summed E-state index contributed by atoms with van der Waals surface area (Å²) in [4.78, 5) is 11.2. The van der Waals surface area contributed by atoms with Crippen molar-refractivity contribution in [3.63, 3.8) is 0 Å². The van der Waals surface area contributed by atoms with Gasteiger partial charge in [-0.25, -0.2) is 0 Å². The Kier molecular flexibility index (Phi) is 4.48. The Morgan fingerprint density at radius 2 is 1.92 bits per heavy atom. The lowest BCUT2D eigenvalue weighted by atomic mass is 10.2. The van der Waals surface area contributed by atoms with Crippen LogP contribution in [0, 0.1) is 17.0 Å². The molecule has 7 nitrogen and oxygen atoms in total. The number of methoxy groups -OCH3 is 1. The molecule has 0 spiro atoms. The maximum atomic E-state index is 11.2. The van der Waals surface area contributed by atoms with Crippen molar-refractivity contribution < 1.29 is 14.1 Å². The van der Waals surface area contributed by atoms with Gasteiger partial charge in [-0.1, -0.05) is 6.07 Å². The molecule has 0 N–H and O–H groups in total. The highest BCUT2D eigenvalue weighted by Crippen LogP contribution is 2.35. The molecule has 0 bridgehead atoms. The molecule has 0 saturated carbocycles. The van der Waals surface area contributed by atoms with Gasteiger partial charge in [-0.15, -0.1) is 10.2 Å². The Bertz CT molecular complexity index is 877. The monoisotopic (exact) mass is 343 g/mol. The fourth-order valence-corrected chi connectivity index (χ4v) is 2.82. The van der Waals surface area contributed by atoms with E-state index in [0.717, 1.165) is 28.6 Å². The molecule has 3 rings (SSSR count). The summed E-state index contributed by atoms with van der Waals surface area (Å²) in [6, 6.07) is 12.2. The standard InChI is InChI=1S/C16H13N3O4S/c1-10-3-8-14(13(9-10)19(20)21)24-16-18-17-15(23-16)11-4-6-12(22-2)7-5-11/h3-9H,1-2H3. The van der Waals surface area contributed by atoms with Crippen LogP contribution in [0.15, 0.2) is 57.0 Å². The zero-order valence-corrected chi connectivity index (χ0v) is 13.7. The highest BCUT2D eigenvalue weighted by atomic mass is 32.2. The fourth-order valence-electron chi connectivity index (χ4n) is 2.05. The number of nitrogens with zero attached hydrogens (tertiary/aromatic N) is 3. The van der Waals surface area contributed by atoms with Gasteiger partial charge in [-0.05, 0) is 54.6 Å². The normalized spacial score (nSPS) is 10.6. The molecule has 1 heterocycles. The van der Waals surface area contributed by atoms with Crippen LogP contribution in [0.2, 0.25) is 0 Å². The molecule has 0 fully saturated rings. The highest BCUT2D eigenvalue weighted by Gasteiger charge is 2.18. The first-order chi connectivity index (χ1) is 11.6. The largest absolute Gasteiger partial charge is 0.497 e. The molecule has 0 aliphatic rings. The van der Waals surface area contributed by atoms with E-state index in [1.807, 2.05) is 0 Å². The molecule has 0 unspecified atom stereocenters. The average Bonchev–Trinajstić information content (AvgIpc) is 3.05. The molecule has 0 aliphatic carbocycles. The molecule has 2 aromatic carbocycles. The van der Waals surface area contributed by atoms with E-state index in [4.69, 9.17) is 9.15 Å². The maximum absolute atomic E-state index is 11.2. The number of aryl methyl sites for hydroxylation is 1. The van der Waals surface area contributed by atoms with Gasteiger partial charge in [-0.3, -0.25) is 10.1 Å². The zero-order chi connectivity index (χ0) is 17.1. The molecule has 1 aromatic heterocycles. The van der Waals surface area contributed by atoms with Gasteiger partial charge in [0.15, 0.2) is 0 Å². The Morgan fingerprint density at radius 1 is 1.17 bits per heavy atom. The molecule has 24 heavy (non-hydrogen) atoms. The Morgan fingerprint density at radius 3 is 2.58 bits per heavy atom. The summed E-state index contributed by atoms with van der Waals surface area (Å²) < 4.78 is 10.7. The van der Waals surface area contributed by atoms with Gasteiger partial charge >= 0.3 is 0 Å². The van der Waals surface area contributed by atoms with Crippen LogP contribution in [-0.2, 0) is 0 Å². The van der Waals surface area contributed by atoms with Crippen LogP contribution in [0.1, 0.15) is 5.56 Å². The molecule has 0 saturated heterocycles. The van der Waals surface area contributed by atoms with Crippen LogP contribution >= 0.6 is 11.8 Å². The molecule has 3 aromatic rings. The smallest absolute Gasteiger partial charge is 0.283 e. The van der Waals surface area contributed by atoms with E-state index < -0.39 is 4.92 Å². The van der Waals surface area contributed by atoms with Gasteiger partial charge < -0.3 is 9.15 Å². The molecular weight excluding hydrogens is 330 g/mol. The van der Waals surface area contributed by atoms with Crippen molar-refractivity contribution in [1.29, 1.82) is 0 Å². The molecule has 0 atom stereocenters. The summed E-state index contributed by atoms with van der Waals surface area (Å²) in [6.07, 6.45) is 0. The number of hydrogen-bond acceptors (Lipinski definition) is 7. The third kappa shape index (κ3) is 3.38. The van der Waals surface area contributed by atoms with Gasteiger partial charge in [0, 0.05) is 11.6 Å². The van der Waals surface area contributed by atoms with Gasteiger partial charge in [0.25, 0.3) is 10.9 Å². The second-order valence-electron chi connectivity index (χ2n) is 4.93. The quantitative estimate of drug-likeness (QED) is 0.508. The van der Waals surface area contributed by atoms with Crippen LogP contribution in [0.4, 0.5) is 5.69 Å². The van der Waals surface area contributed by atoms with E-state index in [0.29, 0.717) is 10.8 Å². The van der Waals surface area contributed by atoms with Gasteiger partial charge in [0.1, 0.15) is 5.75 Å². The Balaban J connectivity index is 1.85. The topological polar surface area (TPSA) is 91.3 Å².